The SMILES string of the molecule is C=CC(=O)N[C@H]1CCOC1. The van der Waals surface area contributed by atoms with Crippen molar-refractivity contribution in [3.05, 3.63) is 12.7 Å². The number of hydrogen-bond donors (Lipinski definition) is 1. The first kappa shape index (κ1) is 7.28. The standard InChI is InChI=1S/C7H11NO2/c1-2-7(9)8-6-3-4-10-5-6/h2,6H,1,3-5H2,(H,8,9)/t6-/m0/s1. The van der Waals surface area contributed by atoms with Gasteiger partial charge in [-0.05, 0) is 12.5 Å². The molecular formula is C7H11NO2. The number of nitrogens with one attached hydrogen (secondary N) is 1. The third-order valence-electron chi connectivity index (χ3n) is 1.46. The lowest BCUT2D eigenvalue weighted by Gasteiger charge is -2.06. The molecule has 0 saturated carbocycles. The summed E-state index contributed by atoms with van der Waals surface area (Å²) in [6, 6.07) is 0.200. The van der Waals surface area contributed by atoms with Gasteiger partial charge in [-0.3, -0.25) is 4.79 Å². The van der Waals surface area contributed by atoms with Gasteiger partial charge in [0.05, 0.1) is 12.6 Å². The third kappa shape index (κ3) is 1.84. The molecule has 10 heavy (non-hydrogen) atoms. The summed E-state index contributed by atoms with van der Waals surface area (Å²) in [7, 11) is 0. The second-order valence-corrected chi connectivity index (χ2v) is 2.27. The smallest absolute Gasteiger partial charge is 0.243 e. The van der Waals surface area contributed by atoms with Crippen LogP contribution in [0.15, 0.2) is 12.7 Å². The monoisotopic (exact) mass is 141 g/mol. The second-order valence-electron chi connectivity index (χ2n) is 2.27. The van der Waals surface area contributed by atoms with Gasteiger partial charge in [-0.15, -0.1) is 0 Å². The average Bonchev–Trinajstić information content (AvgIpc) is 2.40. The van der Waals surface area contributed by atoms with E-state index in [2.05, 4.69) is 11.9 Å². The van der Waals surface area contributed by atoms with Crippen LogP contribution in [-0.4, -0.2) is 25.2 Å². The molecule has 0 aromatic heterocycles. The predicted octanol–water partition coefficient (Wildman–Crippen LogP) is 0.0775. The van der Waals surface area contributed by atoms with Crippen LogP contribution in [0.2, 0.25) is 0 Å². The van der Waals surface area contributed by atoms with Crippen molar-refractivity contribution in [1.82, 2.24) is 5.32 Å². The van der Waals surface area contributed by atoms with Crippen LogP contribution in [-0.2, 0) is 9.53 Å². The molecule has 1 saturated heterocycles. The van der Waals surface area contributed by atoms with Crippen LogP contribution in [0.3, 0.4) is 0 Å². The molecule has 56 valence electrons. The van der Waals surface area contributed by atoms with Crippen LogP contribution in [0, 0.1) is 0 Å². The molecule has 0 radical (unpaired) electrons. The Morgan fingerprint density at radius 1 is 1.80 bits per heavy atom. The second kappa shape index (κ2) is 3.37. The molecule has 1 aliphatic rings. The molecule has 0 aliphatic carbocycles. The molecule has 1 aliphatic heterocycles. The lowest BCUT2D eigenvalue weighted by molar-refractivity contribution is -0.117. The van der Waals surface area contributed by atoms with E-state index in [1.54, 1.807) is 0 Å². The van der Waals surface area contributed by atoms with Crippen LogP contribution < -0.4 is 5.32 Å². The van der Waals surface area contributed by atoms with Gasteiger partial charge >= 0.3 is 0 Å². The van der Waals surface area contributed by atoms with E-state index in [4.69, 9.17) is 4.74 Å². The van der Waals surface area contributed by atoms with Crippen molar-refractivity contribution in [2.75, 3.05) is 13.2 Å². The lowest BCUT2D eigenvalue weighted by Crippen LogP contribution is -2.33. The van der Waals surface area contributed by atoms with Gasteiger partial charge in [0, 0.05) is 6.61 Å². The summed E-state index contributed by atoms with van der Waals surface area (Å²) in [6.07, 6.45) is 2.19. The van der Waals surface area contributed by atoms with Gasteiger partial charge in [0.2, 0.25) is 5.91 Å². The highest BCUT2D eigenvalue weighted by atomic mass is 16.5. The highest BCUT2D eigenvalue weighted by Gasteiger charge is 2.15. The summed E-state index contributed by atoms with van der Waals surface area (Å²) in [4.78, 5) is 10.7. The minimum absolute atomic E-state index is 0.115. The maximum atomic E-state index is 10.7. The van der Waals surface area contributed by atoms with Crippen molar-refractivity contribution in [2.45, 2.75) is 12.5 Å². The quantitative estimate of drug-likeness (QED) is 0.553. The van der Waals surface area contributed by atoms with Gasteiger partial charge in [0.15, 0.2) is 0 Å². The average molecular weight is 141 g/mol. The summed E-state index contributed by atoms with van der Waals surface area (Å²) in [6.45, 7) is 4.74. The molecule has 0 aromatic rings. The summed E-state index contributed by atoms with van der Waals surface area (Å²) in [5.41, 5.74) is 0. The third-order valence-corrected chi connectivity index (χ3v) is 1.46. The van der Waals surface area contributed by atoms with E-state index in [0.29, 0.717) is 6.61 Å². The number of ether oxygens (including phenoxy) is 1. The first-order valence-electron chi connectivity index (χ1n) is 3.33. The Bertz CT molecular complexity index is 139. The van der Waals surface area contributed by atoms with E-state index in [0.717, 1.165) is 13.0 Å². The number of carbonyl (C=O) groups is 1. The van der Waals surface area contributed by atoms with Crippen LogP contribution in [0.4, 0.5) is 0 Å². The molecule has 0 bridgehead atoms. The topological polar surface area (TPSA) is 38.3 Å². The van der Waals surface area contributed by atoms with Crippen molar-refractivity contribution in [2.24, 2.45) is 0 Å². The van der Waals surface area contributed by atoms with Crippen molar-refractivity contribution in [3.8, 4) is 0 Å². The van der Waals surface area contributed by atoms with Gasteiger partial charge in [0.1, 0.15) is 0 Å². The van der Waals surface area contributed by atoms with Crippen LogP contribution >= 0.6 is 0 Å². The van der Waals surface area contributed by atoms with Gasteiger partial charge in [-0.1, -0.05) is 6.58 Å². The van der Waals surface area contributed by atoms with Crippen molar-refractivity contribution < 1.29 is 9.53 Å². The number of hydrogen-bond acceptors (Lipinski definition) is 2. The number of amides is 1. The molecular weight excluding hydrogens is 130 g/mol. The molecule has 1 amide bonds. The Balaban J connectivity index is 2.23. The van der Waals surface area contributed by atoms with Crippen molar-refractivity contribution in [1.29, 1.82) is 0 Å². The van der Waals surface area contributed by atoms with E-state index in [1.165, 1.54) is 6.08 Å². The van der Waals surface area contributed by atoms with E-state index >= 15 is 0 Å². The fraction of sp³-hybridized carbons (Fsp3) is 0.571. The Hall–Kier alpha value is -0.830. The number of rotatable bonds is 2. The molecule has 1 N–H and O–H groups in total. The minimum atomic E-state index is -0.115. The molecule has 0 spiro atoms. The molecule has 1 atom stereocenters. The fourth-order valence-corrected chi connectivity index (χ4v) is 0.908. The Labute approximate surface area is 60.1 Å². The summed E-state index contributed by atoms with van der Waals surface area (Å²) >= 11 is 0. The molecule has 1 fully saturated rings. The predicted molar refractivity (Wildman–Crippen MR) is 37.6 cm³/mol. The Morgan fingerprint density at radius 2 is 2.60 bits per heavy atom. The van der Waals surface area contributed by atoms with Crippen molar-refractivity contribution >= 4 is 5.91 Å². The maximum Gasteiger partial charge on any atom is 0.243 e. The molecule has 1 rings (SSSR count). The zero-order valence-corrected chi connectivity index (χ0v) is 5.80. The lowest BCUT2D eigenvalue weighted by atomic mass is 10.2. The van der Waals surface area contributed by atoms with Gasteiger partial charge in [-0.25, -0.2) is 0 Å². The van der Waals surface area contributed by atoms with Crippen LogP contribution in [0.1, 0.15) is 6.42 Å². The molecule has 0 unspecified atom stereocenters. The zero-order valence-electron chi connectivity index (χ0n) is 5.80. The van der Waals surface area contributed by atoms with Gasteiger partial charge in [-0.2, -0.15) is 0 Å². The fourth-order valence-electron chi connectivity index (χ4n) is 0.908. The molecule has 1 heterocycles. The summed E-state index contributed by atoms with van der Waals surface area (Å²) < 4.78 is 5.05. The van der Waals surface area contributed by atoms with E-state index < -0.39 is 0 Å². The van der Waals surface area contributed by atoms with Crippen LogP contribution in [0.25, 0.3) is 0 Å². The van der Waals surface area contributed by atoms with Crippen molar-refractivity contribution in [3.63, 3.8) is 0 Å². The largest absolute Gasteiger partial charge is 0.379 e. The molecule has 0 aromatic carbocycles. The van der Waals surface area contributed by atoms with Gasteiger partial charge < -0.3 is 10.1 Å². The van der Waals surface area contributed by atoms with Crippen LogP contribution in [0.5, 0.6) is 0 Å². The highest BCUT2D eigenvalue weighted by Crippen LogP contribution is 2.02. The minimum Gasteiger partial charge on any atom is -0.379 e. The Morgan fingerprint density at radius 3 is 3.10 bits per heavy atom. The first-order valence-corrected chi connectivity index (χ1v) is 3.33. The summed E-state index contributed by atoms with van der Waals surface area (Å²) in [5, 5.41) is 2.75. The van der Waals surface area contributed by atoms with Gasteiger partial charge in [0.25, 0.3) is 0 Å². The maximum absolute atomic E-state index is 10.7. The highest BCUT2D eigenvalue weighted by molar-refractivity contribution is 5.87. The normalized spacial score (nSPS) is 24.2. The number of carbonyl (C=O) groups excluding carboxylic acids is 1. The Kier molecular flexibility index (Phi) is 2.45. The molecule has 3 nitrogen and oxygen atoms in total. The van der Waals surface area contributed by atoms with E-state index in [9.17, 15) is 4.79 Å². The summed E-state index contributed by atoms with van der Waals surface area (Å²) in [5.74, 6) is -0.115. The zero-order chi connectivity index (χ0) is 7.40. The molecule has 3 heteroatoms. The van der Waals surface area contributed by atoms with E-state index in [1.807, 2.05) is 0 Å². The van der Waals surface area contributed by atoms with E-state index in [-0.39, 0.29) is 11.9 Å². The first-order chi connectivity index (χ1) is 4.83.